The predicted octanol–water partition coefficient (Wildman–Crippen LogP) is 4.52. The highest BCUT2D eigenvalue weighted by Crippen LogP contribution is 2.33. The minimum absolute atomic E-state index is 0.214. The van der Waals surface area contributed by atoms with Gasteiger partial charge in [0.15, 0.2) is 0 Å². The third kappa shape index (κ3) is 5.15. The first-order valence-electron chi connectivity index (χ1n) is 7.14. The predicted molar refractivity (Wildman–Crippen MR) is 86.1 cm³/mol. The number of nitrogens with one attached hydrogen (secondary N) is 1. The molecule has 0 saturated heterocycles. The number of hydrogen-bond donors (Lipinski definition) is 1. The van der Waals surface area contributed by atoms with E-state index >= 15 is 0 Å². The lowest BCUT2D eigenvalue weighted by Crippen LogP contribution is -2.17. The van der Waals surface area contributed by atoms with Gasteiger partial charge in [0.25, 0.3) is 0 Å². The third-order valence-corrected chi connectivity index (χ3v) is 4.22. The van der Waals surface area contributed by atoms with Gasteiger partial charge in [-0.05, 0) is 65.0 Å². The molecule has 0 fully saturated rings. The average molecular weight is 328 g/mol. The fraction of sp³-hybridized carbons (Fsp3) is 0.625. The number of benzene rings is 1. The summed E-state index contributed by atoms with van der Waals surface area (Å²) in [5.74, 6) is 0.937. The number of hydrogen-bond acceptors (Lipinski definition) is 2. The molecule has 19 heavy (non-hydrogen) atoms. The van der Waals surface area contributed by atoms with E-state index in [0.717, 1.165) is 42.8 Å². The summed E-state index contributed by atoms with van der Waals surface area (Å²) in [7, 11) is 0. The topological polar surface area (TPSA) is 21.3 Å². The van der Waals surface area contributed by atoms with Gasteiger partial charge in [-0.25, -0.2) is 0 Å². The Hall–Kier alpha value is -0.540. The molecule has 1 N–H and O–H groups in total. The molecule has 3 heteroatoms. The summed E-state index contributed by atoms with van der Waals surface area (Å²) in [5, 5.41) is 3.29. The van der Waals surface area contributed by atoms with Crippen molar-refractivity contribution < 1.29 is 4.74 Å². The van der Waals surface area contributed by atoms with Crippen LogP contribution in [-0.4, -0.2) is 19.7 Å². The van der Waals surface area contributed by atoms with Crippen LogP contribution in [0.2, 0.25) is 0 Å². The van der Waals surface area contributed by atoms with Gasteiger partial charge in [-0.3, -0.25) is 0 Å². The Morgan fingerprint density at radius 1 is 1.26 bits per heavy atom. The molecule has 0 saturated carbocycles. The molecule has 1 aromatic rings. The molecule has 0 spiro atoms. The molecular formula is C16H26BrNO. The summed E-state index contributed by atoms with van der Waals surface area (Å²) in [6, 6.07) is 6.43. The molecule has 108 valence electrons. The first kappa shape index (κ1) is 16.5. The smallest absolute Gasteiger partial charge is 0.133 e. The van der Waals surface area contributed by atoms with E-state index < -0.39 is 0 Å². The van der Waals surface area contributed by atoms with Gasteiger partial charge in [0.2, 0.25) is 0 Å². The molecule has 0 heterocycles. The Morgan fingerprint density at radius 3 is 2.58 bits per heavy atom. The van der Waals surface area contributed by atoms with Crippen LogP contribution < -0.4 is 10.1 Å². The van der Waals surface area contributed by atoms with Gasteiger partial charge in [-0.2, -0.15) is 0 Å². The lowest BCUT2D eigenvalue weighted by molar-refractivity contribution is 0.306. The zero-order valence-electron chi connectivity index (χ0n) is 12.6. The molecule has 0 aliphatic heterocycles. The van der Waals surface area contributed by atoms with E-state index in [4.69, 9.17) is 4.74 Å². The average Bonchev–Trinajstić information content (AvgIpc) is 2.40. The van der Waals surface area contributed by atoms with E-state index in [1.807, 2.05) is 0 Å². The summed E-state index contributed by atoms with van der Waals surface area (Å²) >= 11 is 3.61. The van der Waals surface area contributed by atoms with Crippen LogP contribution in [-0.2, 0) is 5.41 Å². The van der Waals surface area contributed by atoms with Crippen LogP contribution in [0.3, 0.4) is 0 Å². The number of rotatable bonds is 8. The monoisotopic (exact) mass is 327 g/mol. The number of ether oxygens (including phenoxy) is 1. The van der Waals surface area contributed by atoms with Crippen LogP contribution in [0.25, 0.3) is 0 Å². The molecule has 0 aliphatic rings. The first-order chi connectivity index (χ1) is 9.01. The van der Waals surface area contributed by atoms with Crippen molar-refractivity contribution in [3.63, 3.8) is 0 Å². The van der Waals surface area contributed by atoms with Crippen molar-refractivity contribution >= 4 is 15.9 Å². The maximum atomic E-state index is 5.80. The zero-order chi connectivity index (χ0) is 14.3. The van der Waals surface area contributed by atoms with Crippen LogP contribution in [0.5, 0.6) is 5.75 Å². The van der Waals surface area contributed by atoms with E-state index in [9.17, 15) is 0 Å². The normalized spacial score (nSPS) is 11.6. The minimum Gasteiger partial charge on any atom is -0.492 e. The molecule has 0 unspecified atom stereocenters. The van der Waals surface area contributed by atoms with Gasteiger partial charge in [-0.15, -0.1) is 0 Å². The van der Waals surface area contributed by atoms with Crippen LogP contribution >= 0.6 is 15.9 Å². The van der Waals surface area contributed by atoms with Crippen molar-refractivity contribution in [1.29, 1.82) is 0 Å². The summed E-state index contributed by atoms with van der Waals surface area (Å²) in [4.78, 5) is 0. The lowest BCUT2D eigenvalue weighted by Gasteiger charge is -2.24. The van der Waals surface area contributed by atoms with Crippen LogP contribution in [0.4, 0.5) is 0 Å². The van der Waals surface area contributed by atoms with Crippen molar-refractivity contribution in [1.82, 2.24) is 5.32 Å². The van der Waals surface area contributed by atoms with Gasteiger partial charge in [0, 0.05) is 0 Å². The standard InChI is InChI=1S/C16H26BrNO/c1-5-16(3,4)13-8-9-15(14(17)12-13)19-11-7-10-18-6-2/h8-9,12,18H,5-7,10-11H2,1-4H3. The molecule has 0 radical (unpaired) electrons. The highest BCUT2D eigenvalue weighted by Gasteiger charge is 2.19. The number of halogens is 1. The summed E-state index contributed by atoms with van der Waals surface area (Å²) < 4.78 is 6.85. The minimum atomic E-state index is 0.214. The van der Waals surface area contributed by atoms with Gasteiger partial charge < -0.3 is 10.1 Å². The SMILES string of the molecule is CCNCCCOc1ccc(C(C)(C)CC)cc1Br. The van der Waals surface area contributed by atoms with Gasteiger partial charge in [0.05, 0.1) is 11.1 Å². The van der Waals surface area contributed by atoms with Gasteiger partial charge in [0.1, 0.15) is 5.75 Å². The highest BCUT2D eigenvalue weighted by atomic mass is 79.9. The van der Waals surface area contributed by atoms with Crippen molar-refractivity contribution in [2.24, 2.45) is 0 Å². The molecule has 1 aromatic carbocycles. The zero-order valence-corrected chi connectivity index (χ0v) is 14.1. The van der Waals surface area contributed by atoms with Gasteiger partial charge in [-0.1, -0.05) is 33.8 Å². The second kappa shape index (κ2) is 7.91. The maximum absolute atomic E-state index is 5.80. The molecule has 0 atom stereocenters. The summed E-state index contributed by atoms with van der Waals surface area (Å²) in [6.45, 7) is 11.7. The summed E-state index contributed by atoms with van der Waals surface area (Å²) in [5.41, 5.74) is 1.56. The Morgan fingerprint density at radius 2 is 2.00 bits per heavy atom. The molecule has 1 rings (SSSR count). The Kier molecular flexibility index (Phi) is 6.87. The Labute approximate surface area is 126 Å². The van der Waals surface area contributed by atoms with E-state index in [0.29, 0.717) is 0 Å². The Bertz CT molecular complexity index is 390. The van der Waals surface area contributed by atoms with Crippen LogP contribution in [0.15, 0.2) is 22.7 Å². The molecule has 0 aromatic heterocycles. The lowest BCUT2D eigenvalue weighted by atomic mass is 9.82. The largest absolute Gasteiger partial charge is 0.492 e. The maximum Gasteiger partial charge on any atom is 0.133 e. The van der Waals surface area contributed by atoms with E-state index in [1.165, 1.54) is 5.56 Å². The second-order valence-corrected chi connectivity index (χ2v) is 6.29. The fourth-order valence-corrected chi connectivity index (χ4v) is 2.29. The first-order valence-corrected chi connectivity index (χ1v) is 7.94. The highest BCUT2D eigenvalue weighted by molar-refractivity contribution is 9.10. The van der Waals surface area contributed by atoms with E-state index in [-0.39, 0.29) is 5.41 Å². The molecule has 0 aliphatic carbocycles. The van der Waals surface area contributed by atoms with Crippen LogP contribution in [0, 0.1) is 0 Å². The van der Waals surface area contributed by atoms with Crippen molar-refractivity contribution in [2.75, 3.05) is 19.7 Å². The molecule has 2 nitrogen and oxygen atoms in total. The van der Waals surface area contributed by atoms with E-state index in [2.05, 4.69) is 67.1 Å². The van der Waals surface area contributed by atoms with Gasteiger partial charge >= 0.3 is 0 Å². The fourth-order valence-electron chi connectivity index (χ4n) is 1.80. The molecule has 0 bridgehead atoms. The van der Waals surface area contributed by atoms with Crippen molar-refractivity contribution in [3.8, 4) is 5.75 Å². The van der Waals surface area contributed by atoms with Crippen molar-refractivity contribution in [3.05, 3.63) is 28.2 Å². The van der Waals surface area contributed by atoms with Crippen molar-refractivity contribution in [2.45, 2.75) is 46.0 Å². The van der Waals surface area contributed by atoms with Crippen LogP contribution in [0.1, 0.15) is 46.1 Å². The summed E-state index contributed by atoms with van der Waals surface area (Å²) in [6.07, 6.45) is 2.16. The quantitative estimate of drug-likeness (QED) is 0.709. The molecule has 0 amide bonds. The molecular weight excluding hydrogens is 302 g/mol. The Balaban J connectivity index is 2.58. The van der Waals surface area contributed by atoms with E-state index in [1.54, 1.807) is 0 Å². The second-order valence-electron chi connectivity index (χ2n) is 5.44. The third-order valence-electron chi connectivity index (χ3n) is 3.60.